The average Bonchev–Trinajstić information content (AvgIpc) is 2.87. The minimum Gasteiger partial charge on any atom is -0.488 e. The maximum Gasteiger partial charge on any atom is 0.257 e. The Morgan fingerprint density at radius 1 is 0.879 bits per heavy atom. The van der Waals surface area contributed by atoms with E-state index in [1.165, 1.54) is 12.1 Å². The molecule has 3 aromatic rings. The van der Waals surface area contributed by atoms with Crippen molar-refractivity contribution in [2.75, 3.05) is 13.1 Å². The first-order chi connectivity index (χ1) is 16.1. The highest BCUT2D eigenvalue weighted by Gasteiger charge is 2.28. The van der Waals surface area contributed by atoms with Gasteiger partial charge < -0.3 is 15.0 Å². The lowest BCUT2D eigenvalue weighted by molar-refractivity contribution is -0.126. The maximum atomic E-state index is 13.2. The van der Waals surface area contributed by atoms with Crippen LogP contribution in [0.25, 0.3) is 0 Å². The van der Waals surface area contributed by atoms with Crippen LogP contribution in [-0.2, 0) is 17.9 Å². The molecule has 1 saturated heterocycles. The molecular weight excluding hydrogens is 419 g/mol. The zero-order chi connectivity index (χ0) is 23.0. The van der Waals surface area contributed by atoms with Crippen LogP contribution in [0.3, 0.4) is 0 Å². The number of carbonyl (C=O) groups excluding carboxylic acids is 2. The number of nitrogens with zero attached hydrogens (tertiary/aromatic N) is 1. The van der Waals surface area contributed by atoms with Crippen molar-refractivity contribution < 1.29 is 18.7 Å². The highest BCUT2D eigenvalue weighted by Crippen LogP contribution is 2.25. The second-order valence-corrected chi connectivity index (χ2v) is 8.18. The largest absolute Gasteiger partial charge is 0.488 e. The number of amides is 2. The molecule has 1 fully saturated rings. The fraction of sp³-hybridized carbons (Fsp3) is 0.259. The Labute approximate surface area is 193 Å². The average molecular weight is 447 g/mol. The number of piperidine rings is 1. The van der Waals surface area contributed by atoms with Gasteiger partial charge in [0.05, 0.1) is 5.56 Å². The van der Waals surface area contributed by atoms with Crippen molar-refractivity contribution in [1.82, 2.24) is 10.2 Å². The third-order valence-corrected chi connectivity index (χ3v) is 5.89. The van der Waals surface area contributed by atoms with E-state index in [-0.39, 0.29) is 30.2 Å². The molecule has 6 heteroatoms. The quantitative estimate of drug-likeness (QED) is 0.578. The van der Waals surface area contributed by atoms with Gasteiger partial charge in [-0.05, 0) is 48.2 Å². The fourth-order valence-electron chi connectivity index (χ4n) is 3.96. The zero-order valence-corrected chi connectivity index (χ0v) is 18.4. The Morgan fingerprint density at radius 2 is 1.55 bits per heavy atom. The van der Waals surface area contributed by atoms with Crippen molar-refractivity contribution in [2.45, 2.75) is 26.0 Å². The Bertz CT molecular complexity index is 1080. The molecule has 1 N–H and O–H groups in total. The number of nitrogens with one attached hydrogen (secondary N) is 1. The Hall–Kier alpha value is -3.67. The van der Waals surface area contributed by atoms with Crippen LogP contribution in [0, 0.1) is 11.7 Å². The molecule has 4 rings (SSSR count). The third kappa shape index (κ3) is 5.98. The summed E-state index contributed by atoms with van der Waals surface area (Å²) in [6.45, 7) is 1.80. The first kappa shape index (κ1) is 22.5. The number of likely N-dealkylation sites (tertiary alicyclic amines) is 1. The SMILES string of the molecule is O=C(NCc1ccccc1)C1CCN(C(=O)c2ccccc2OCc2ccc(F)cc2)CC1. The fourth-order valence-corrected chi connectivity index (χ4v) is 3.96. The third-order valence-electron chi connectivity index (χ3n) is 5.89. The number of halogens is 1. The zero-order valence-electron chi connectivity index (χ0n) is 18.4. The van der Waals surface area contributed by atoms with E-state index in [0.717, 1.165) is 11.1 Å². The van der Waals surface area contributed by atoms with Gasteiger partial charge in [0.25, 0.3) is 5.91 Å². The summed E-state index contributed by atoms with van der Waals surface area (Å²) >= 11 is 0. The molecule has 0 radical (unpaired) electrons. The first-order valence-electron chi connectivity index (χ1n) is 11.2. The normalized spacial score (nSPS) is 14.0. The molecule has 0 bridgehead atoms. The molecule has 33 heavy (non-hydrogen) atoms. The molecule has 1 heterocycles. The van der Waals surface area contributed by atoms with E-state index in [0.29, 0.717) is 43.8 Å². The molecule has 2 amide bonds. The smallest absolute Gasteiger partial charge is 0.257 e. The van der Waals surface area contributed by atoms with Crippen molar-refractivity contribution in [1.29, 1.82) is 0 Å². The van der Waals surface area contributed by atoms with Crippen LogP contribution < -0.4 is 10.1 Å². The molecule has 0 aromatic heterocycles. The van der Waals surface area contributed by atoms with Crippen molar-refractivity contribution in [3.63, 3.8) is 0 Å². The summed E-state index contributed by atoms with van der Waals surface area (Å²) in [5, 5.41) is 3.00. The van der Waals surface area contributed by atoms with E-state index in [4.69, 9.17) is 4.74 Å². The molecule has 0 unspecified atom stereocenters. The summed E-state index contributed by atoms with van der Waals surface area (Å²) in [4.78, 5) is 27.5. The van der Waals surface area contributed by atoms with Gasteiger partial charge in [-0.3, -0.25) is 9.59 Å². The summed E-state index contributed by atoms with van der Waals surface area (Å²) < 4.78 is 19.0. The molecule has 3 aromatic carbocycles. The highest BCUT2D eigenvalue weighted by molar-refractivity contribution is 5.97. The number of carbonyl (C=O) groups is 2. The van der Waals surface area contributed by atoms with E-state index in [9.17, 15) is 14.0 Å². The molecule has 0 atom stereocenters. The number of hydrogen-bond acceptors (Lipinski definition) is 3. The lowest BCUT2D eigenvalue weighted by atomic mass is 9.95. The van der Waals surface area contributed by atoms with Crippen molar-refractivity contribution in [2.24, 2.45) is 5.92 Å². The van der Waals surface area contributed by atoms with Gasteiger partial charge in [-0.1, -0.05) is 54.6 Å². The number of benzene rings is 3. The number of hydrogen-bond donors (Lipinski definition) is 1. The van der Waals surface area contributed by atoms with Gasteiger partial charge in [0.2, 0.25) is 5.91 Å². The van der Waals surface area contributed by atoms with Gasteiger partial charge in [-0.25, -0.2) is 4.39 Å². The summed E-state index contributed by atoms with van der Waals surface area (Å²) in [6.07, 6.45) is 1.26. The summed E-state index contributed by atoms with van der Waals surface area (Å²) in [5.41, 5.74) is 2.38. The molecule has 1 aliphatic rings. The number of rotatable bonds is 7. The van der Waals surface area contributed by atoms with Crippen molar-refractivity contribution in [3.8, 4) is 5.75 Å². The minimum absolute atomic E-state index is 0.0361. The number of ether oxygens (including phenoxy) is 1. The van der Waals surface area contributed by atoms with Gasteiger partial charge in [0, 0.05) is 25.6 Å². The van der Waals surface area contributed by atoms with E-state index in [2.05, 4.69) is 5.32 Å². The van der Waals surface area contributed by atoms with Crippen LogP contribution in [0.1, 0.15) is 34.3 Å². The second kappa shape index (κ2) is 10.8. The van der Waals surface area contributed by atoms with Crippen LogP contribution in [-0.4, -0.2) is 29.8 Å². The van der Waals surface area contributed by atoms with Crippen LogP contribution in [0.5, 0.6) is 5.75 Å². The lowest BCUT2D eigenvalue weighted by Crippen LogP contribution is -2.43. The first-order valence-corrected chi connectivity index (χ1v) is 11.2. The predicted octanol–water partition coefficient (Wildman–Crippen LogP) is 4.57. The Kier molecular flexibility index (Phi) is 7.35. The summed E-state index contributed by atoms with van der Waals surface area (Å²) in [6, 6.07) is 23.0. The lowest BCUT2D eigenvalue weighted by Gasteiger charge is -2.31. The van der Waals surface area contributed by atoms with Gasteiger partial charge >= 0.3 is 0 Å². The van der Waals surface area contributed by atoms with E-state index in [1.54, 1.807) is 29.2 Å². The molecular formula is C27H27FN2O3. The molecule has 1 aliphatic heterocycles. The number of para-hydroxylation sites is 1. The van der Waals surface area contributed by atoms with Crippen molar-refractivity contribution in [3.05, 3.63) is 101 Å². The molecule has 0 saturated carbocycles. The molecule has 5 nitrogen and oxygen atoms in total. The van der Waals surface area contributed by atoms with E-state index in [1.807, 2.05) is 42.5 Å². The standard InChI is InChI=1S/C27H27FN2O3/c28-23-12-10-21(11-13-23)19-33-25-9-5-4-8-24(25)27(32)30-16-14-22(15-17-30)26(31)29-18-20-6-2-1-3-7-20/h1-13,22H,14-19H2,(H,29,31). The Balaban J connectivity index is 1.31. The van der Waals surface area contributed by atoms with Crippen LogP contribution in [0.2, 0.25) is 0 Å². The van der Waals surface area contributed by atoms with Gasteiger partial charge in [0.15, 0.2) is 0 Å². The molecule has 0 aliphatic carbocycles. The topological polar surface area (TPSA) is 58.6 Å². The van der Waals surface area contributed by atoms with Crippen LogP contribution >= 0.6 is 0 Å². The summed E-state index contributed by atoms with van der Waals surface area (Å²) in [5.74, 6) is 0.0330. The second-order valence-electron chi connectivity index (χ2n) is 8.18. The van der Waals surface area contributed by atoms with E-state index >= 15 is 0 Å². The summed E-state index contributed by atoms with van der Waals surface area (Å²) in [7, 11) is 0. The van der Waals surface area contributed by atoms with Gasteiger partial charge in [0.1, 0.15) is 18.2 Å². The monoisotopic (exact) mass is 446 g/mol. The van der Waals surface area contributed by atoms with Crippen LogP contribution in [0.4, 0.5) is 4.39 Å². The predicted molar refractivity (Wildman–Crippen MR) is 124 cm³/mol. The molecule has 170 valence electrons. The van der Waals surface area contributed by atoms with Crippen molar-refractivity contribution >= 4 is 11.8 Å². The van der Waals surface area contributed by atoms with Crippen LogP contribution in [0.15, 0.2) is 78.9 Å². The maximum absolute atomic E-state index is 13.2. The van der Waals surface area contributed by atoms with E-state index < -0.39 is 0 Å². The van der Waals surface area contributed by atoms with Gasteiger partial charge in [-0.15, -0.1) is 0 Å². The van der Waals surface area contributed by atoms with Gasteiger partial charge in [-0.2, -0.15) is 0 Å². The Morgan fingerprint density at radius 3 is 2.27 bits per heavy atom. The minimum atomic E-state index is -0.300. The molecule has 0 spiro atoms. The highest BCUT2D eigenvalue weighted by atomic mass is 19.1.